The number of carbonyl (C=O) groups excluding carboxylic acids is 2. The van der Waals surface area contributed by atoms with Gasteiger partial charge in [0.1, 0.15) is 5.82 Å². The Labute approximate surface area is 197 Å². The smallest absolute Gasteiger partial charge is 0.366 e. The minimum absolute atomic E-state index is 0.0108. The number of nitrogens with two attached hydrogens (primary N) is 2. The summed E-state index contributed by atoms with van der Waals surface area (Å²) in [6.45, 7) is 3.02. The highest BCUT2D eigenvalue weighted by Gasteiger charge is 2.59. The van der Waals surface area contributed by atoms with Crippen molar-refractivity contribution >= 4 is 23.1 Å². The number of aryl methyl sites for hydroxylation is 1. The molecule has 11 heteroatoms. The summed E-state index contributed by atoms with van der Waals surface area (Å²) in [7, 11) is 0. The van der Waals surface area contributed by atoms with Crippen molar-refractivity contribution in [3.05, 3.63) is 88.0 Å². The minimum atomic E-state index is -4.92. The maximum Gasteiger partial charge on any atom is 0.419 e. The summed E-state index contributed by atoms with van der Waals surface area (Å²) in [5.74, 6) is -2.34. The van der Waals surface area contributed by atoms with Crippen LogP contribution in [0, 0.1) is 19.7 Å². The van der Waals surface area contributed by atoms with E-state index < -0.39 is 34.9 Å². The molecule has 0 spiro atoms. The predicted molar refractivity (Wildman–Crippen MR) is 121 cm³/mol. The maximum atomic E-state index is 14.8. The molecule has 2 aromatic carbocycles. The topological polar surface area (TPSA) is 116 Å². The fraction of sp³-hybridized carbons (Fsp3) is 0.208. The zero-order valence-corrected chi connectivity index (χ0v) is 18.7. The molecule has 4 rings (SSSR count). The van der Waals surface area contributed by atoms with Crippen LogP contribution in [0.2, 0.25) is 0 Å². The molecule has 1 aliphatic heterocycles. The Morgan fingerprint density at radius 1 is 1.06 bits per heavy atom. The summed E-state index contributed by atoms with van der Waals surface area (Å²) in [6.07, 6.45) is -4.20. The van der Waals surface area contributed by atoms with Crippen molar-refractivity contribution in [2.75, 3.05) is 5.32 Å². The largest absolute Gasteiger partial charge is 0.419 e. The summed E-state index contributed by atoms with van der Waals surface area (Å²) in [5, 5.41) is 6.82. The van der Waals surface area contributed by atoms with Gasteiger partial charge in [0, 0.05) is 33.6 Å². The first-order valence-corrected chi connectivity index (χ1v) is 10.4. The summed E-state index contributed by atoms with van der Waals surface area (Å²) >= 11 is 0. The van der Waals surface area contributed by atoms with Gasteiger partial charge in [0.2, 0.25) is 11.8 Å². The lowest BCUT2D eigenvalue weighted by Gasteiger charge is -2.39. The van der Waals surface area contributed by atoms with Crippen LogP contribution in [0.5, 0.6) is 0 Å². The van der Waals surface area contributed by atoms with Crippen LogP contribution in [0.4, 0.5) is 23.2 Å². The Bertz CT molecular complexity index is 1380. The van der Waals surface area contributed by atoms with Gasteiger partial charge in [-0.2, -0.15) is 18.3 Å². The van der Waals surface area contributed by atoms with Crippen molar-refractivity contribution in [1.29, 1.82) is 0 Å². The van der Waals surface area contributed by atoms with Crippen LogP contribution in [0.1, 0.15) is 38.4 Å². The molecular formula is C24H21F4N5O2. The second-order valence-corrected chi connectivity index (χ2v) is 8.31. The molecule has 0 saturated heterocycles. The summed E-state index contributed by atoms with van der Waals surface area (Å²) < 4.78 is 59.2. The maximum absolute atomic E-state index is 14.8. The van der Waals surface area contributed by atoms with Crippen molar-refractivity contribution in [3.63, 3.8) is 0 Å². The third kappa shape index (κ3) is 4.02. The highest BCUT2D eigenvalue weighted by atomic mass is 19.4. The Morgan fingerprint density at radius 3 is 2.29 bits per heavy atom. The normalized spacial score (nSPS) is 17.4. The fourth-order valence-electron chi connectivity index (χ4n) is 4.39. The minimum Gasteiger partial charge on any atom is -0.366 e. The van der Waals surface area contributed by atoms with Crippen LogP contribution in [0.25, 0.3) is 5.57 Å². The lowest BCUT2D eigenvalue weighted by atomic mass is 9.80. The zero-order chi connectivity index (χ0) is 25.7. The molecular weight excluding hydrogens is 466 g/mol. The van der Waals surface area contributed by atoms with Crippen LogP contribution in [0.3, 0.4) is 0 Å². The van der Waals surface area contributed by atoms with E-state index >= 15 is 0 Å². The monoisotopic (exact) mass is 487 g/mol. The van der Waals surface area contributed by atoms with E-state index in [-0.39, 0.29) is 40.3 Å². The summed E-state index contributed by atoms with van der Waals surface area (Å²) in [4.78, 5) is 23.9. The van der Waals surface area contributed by atoms with Gasteiger partial charge >= 0.3 is 6.18 Å². The SMILES string of the molecule is Cc1nn(Cc2ccc(F)cc2)c(C)c1C1(C(F)(F)F)C=C(C(N)=O)c2cc(C(N)=O)ccc2N1. The number of primary amides is 2. The van der Waals surface area contributed by atoms with Gasteiger partial charge in [-0.25, -0.2) is 4.39 Å². The van der Waals surface area contributed by atoms with Gasteiger partial charge < -0.3 is 16.8 Å². The molecule has 1 atom stereocenters. The van der Waals surface area contributed by atoms with E-state index in [4.69, 9.17) is 11.5 Å². The van der Waals surface area contributed by atoms with Crippen molar-refractivity contribution in [2.45, 2.75) is 32.1 Å². The molecule has 0 fully saturated rings. The summed E-state index contributed by atoms with van der Waals surface area (Å²) in [5.41, 5.74) is 8.21. The quantitative estimate of drug-likeness (QED) is 0.478. The van der Waals surface area contributed by atoms with Crippen LogP contribution < -0.4 is 16.8 Å². The Morgan fingerprint density at radius 2 is 1.71 bits per heavy atom. The molecule has 1 unspecified atom stereocenters. The molecule has 5 N–H and O–H groups in total. The first kappa shape index (κ1) is 24.0. The van der Waals surface area contributed by atoms with Crippen molar-refractivity contribution in [3.8, 4) is 0 Å². The number of rotatable bonds is 5. The van der Waals surface area contributed by atoms with Crippen LogP contribution in [-0.4, -0.2) is 27.8 Å². The van der Waals surface area contributed by atoms with Crippen LogP contribution in [0.15, 0.2) is 48.5 Å². The fourth-order valence-corrected chi connectivity index (χ4v) is 4.39. The average molecular weight is 487 g/mol. The lowest BCUT2D eigenvalue weighted by Crippen LogP contribution is -2.50. The second-order valence-electron chi connectivity index (χ2n) is 8.31. The molecule has 0 radical (unpaired) electrons. The molecule has 7 nitrogen and oxygen atoms in total. The number of fused-ring (bicyclic) bond motifs is 1. The first-order chi connectivity index (χ1) is 16.3. The van der Waals surface area contributed by atoms with E-state index in [0.717, 1.165) is 6.08 Å². The van der Waals surface area contributed by atoms with Gasteiger partial charge in [-0.3, -0.25) is 14.3 Å². The van der Waals surface area contributed by atoms with Crippen LogP contribution >= 0.6 is 0 Å². The van der Waals surface area contributed by atoms with Crippen molar-refractivity contribution in [1.82, 2.24) is 9.78 Å². The van der Waals surface area contributed by atoms with Gasteiger partial charge in [-0.15, -0.1) is 0 Å². The van der Waals surface area contributed by atoms with Gasteiger partial charge in [0.25, 0.3) is 0 Å². The zero-order valence-electron chi connectivity index (χ0n) is 18.7. The van der Waals surface area contributed by atoms with Crippen LogP contribution in [-0.2, 0) is 16.9 Å². The Hall–Kier alpha value is -4.15. The lowest BCUT2D eigenvalue weighted by molar-refractivity contribution is -0.168. The molecule has 2 amide bonds. The van der Waals surface area contributed by atoms with E-state index in [1.165, 1.54) is 61.0 Å². The third-order valence-corrected chi connectivity index (χ3v) is 6.02. The number of aromatic nitrogens is 2. The Balaban J connectivity index is 1.92. The summed E-state index contributed by atoms with van der Waals surface area (Å²) in [6, 6.07) is 9.26. The number of nitrogens with one attached hydrogen (secondary N) is 1. The predicted octanol–water partition coefficient (Wildman–Crippen LogP) is 3.54. The number of benzene rings is 2. The third-order valence-electron chi connectivity index (χ3n) is 6.02. The molecule has 35 heavy (non-hydrogen) atoms. The van der Waals surface area contributed by atoms with Crippen molar-refractivity contribution in [2.24, 2.45) is 11.5 Å². The van der Waals surface area contributed by atoms with E-state index in [2.05, 4.69) is 10.4 Å². The standard InChI is InChI=1S/C24H21F4N5O2/c1-12-20(13(2)33(32-12)11-14-3-6-16(25)7-4-14)23(24(26,27)28)10-18(22(30)35)17-9-15(21(29)34)5-8-19(17)31-23/h3-10,31H,11H2,1-2H3,(H2,29,34)(H2,30,35). The first-order valence-electron chi connectivity index (χ1n) is 10.4. The van der Waals surface area contributed by atoms with Crippen molar-refractivity contribution < 1.29 is 27.2 Å². The number of halogens is 4. The Kier molecular flexibility index (Phi) is 5.66. The number of hydrogen-bond acceptors (Lipinski definition) is 4. The molecule has 0 saturated carbocycles. The van der Waals surface area contributed by atoms with Gasteiger partial charge in [-0.05, 0) is 55.8 Å². The van der Waals surface area contributed by atoms with Gasteiger partial charge in [0.15, 0.2) is 5.54 Å². The second kappa shape index (κ2) is 8.26. The number of anilines is 1. The molecule has 2 heterocycles. The number of alkyl halides is 3. The number of nitrogens with zero attached hydrogens (tertiary/aromatic N) is 2. The number of amides is 2. The highest BCUT2D eigenvalue weighted by molar-refractivity contribution is 6.21. The van der Waals surface area contributed by atoms with Gasteiger partial charge in [0.05, 0.1) is 12.2 Å². The molecule has 3 aromatic rings. The molecule has 0 aliphatic carbocycles. The average Bonchev–Trinajstić information content (AvgIpc) is 3.06. The van der Waals surface area contributed by atoms with Gasteiger partial charge in [-0.1, -0.05) is 12.1 Å². The molecule has 0 bridgehead atoms. The number of carbonyl (C=O) groups is 2. The van der Waals surface area contributed by atoms with E-state index in [9.17, 15) is 27.2 Å². The number of hydrogen-bond donors (Lipinski definition) is 3. The molecule has 1 aromatic heterocycles. The molecule has 1 aliphatic rings. The molecule has 182 valence electrons. The highest BCUT2D eigenvalue weighted by Crippen LogP contribution is 2.50. The van der Waals surface area contributed by atoms with E-state index in [1.807, 2.05) is 0 Å². The van der Waals surface area contributed by atoms with E-state index in [1.54, 1.807) is 0 Å². The van der Waals surface area contributed by atoms with E-state index in [0.29, 0.717) is 5.56 Å².